The van der Waals surface area contributed by atoms with E-state index >= 15 is 0 Å². The first-order valence-corrected chi connectivity index (χ1v) is 5.53. The Labute approximate surface area is 80.3 Å². The quantitative estimate of drug-likeness (QED) is 0.709. The van der Waals surface area contributed by atoms with E-state index < -0.39 is 0 Å². The van der Waals surface area contributed by atoms with E-state index in [0.717, 1.165) is 18.9 Å². The fourth-order valence-corrected chi connectivity index (χ4v) is 2.52. The number of aliphatic hydroxyl groups excluding tert-OH is 1. The molecular weight excluding hydrogens is 164 g/mol. The van der Waals surface area contributed by atoms with Crippen molar-refractivity contribution in [3.05, 3.63) is 0 Å². The molecule has 1 aliphatic heterocycles. The monoisotopic (exact) mass is 184 g/mol. The first kappa shape index (κ1) is 9.47. The standard InChI is InChI=1S/C11H20O2/c1-3-10-7(2)11(12)9(6-13-10)8-4-5-8/h7-12H,3-6H2,1-2H3/t7-,9?,10?,11?/m1/s1. The molecule has 0 aromatic carbocycles. The van der Waals surface area contributed by atoms with E-state index in [1.54, 1.807) is 0 Å². The van der Waals surface area contributed by atoms with E-state index in [2.05, 4.69) is 13.8 Å². The van der Waals surface area contributed by atoms with Crippen LogP contribution >= 0.6 is 0 Å². The van der Waals surface area contributed by atoms with Gasteiger partial charge in [0.2, 0.25) is 0 Å². The molecule has 0 spiro atoms. The van der Waals surface area contributed by atoms with Crippen molar-refractivity contribution in [2.24, 2.45) is 17.8 Å². The van der Waals surface area contributed by atoms with Gasteiger partial charge in [0.25, 0.3) is 0 Å². The lowest BCUT2D eigenvalue weighted by atomic mass is 9.82. The van der Waals surface area contributed by atoms with E-state index in [1.807, 2.05) is 0 Å². The zero-order valence-corrected chi connectivity index (χ0v) is 8.57. The zero-order chi connectivity index (χ0) is 9.42. The van der Waals surface area contributed by atoms with Crippen LogP contribution in [-0.2, 0) is 4.74 Å². The Morgan fingerprint density at radius 3 is 2.62 bits per heavy atom. The van der Waals surface area contributed by atoms with Crippen LogP contribution in [0.5, 0.6) is 0 Å². The maximum Gasteiger partial charge on any atom is 0.0643 e. The van der Waals surface area contributed by atoms with Gasteiger partial charge in [-0.25, -0.2) is 0 Å². The molecule has 2 heteroatoms. The van der Waals surface area contributed by atoms with Crippen molar-refractivity contribution in [3.63, 3.8) is 0 Å². The van der Waals surface area contributed by atoms with E-state index in [0.29, 0.717) is 11.8 Å². The molecule has 0 aromatic rings. The Hall–Kier alpha value is -0.0800. The van der Waals surface area contributed by atoms with Crippen molar-refractivity contribution < 1.29 is 9.84 Å². The lowest BCUT2D eigenvalue weighted by molar-refractivity contribution is -0.128. The average molecular weight is 184 g/mol. The molecule has 4 atom stereocenters. The maximum absolute atomic E-state index is 10.1. The largest absolute Gasteiger partial charge is 0.392 e. The highest BCUT2D eigenvalue weighted by Gasteiger charge is 2.43. The number of hydrogen-bond donors (Lipinski definition) is 1. The highest BCUT2D eigenvalue weighted by atomic mass is 16.5. The smallest absolute Gasteiger partial charge is 0.0643 e. The normalized spacial score (nSPS) is 46.4. The molecule has 3 unspecified atom stereocenters. The molecule has 13 heavy (non-hydrogen) atoms. The van der Waals surface area contributed by atoms with Gasteiger partial charge in [0.05, 0.1) is 18.8 Å². The summed E-state index contributed by atoms with van der Waals surface area (Å²) in [6.45, 7) is 5.04. The topological polar surface area (TPSA) is 29.5 Å². The Balaban J connectivity index is 1.96. The van der Waals surface area contributed by atoms with E-state index in [1.165, 1.54) is 12.8 Å². The number of aliphatic hydroxyl groups is 1. The lowest BCUT2D eigenvalue weighted by Gasteiger charge is -2.38. The first-order chi connectivity index (χ1) is 6.24. The molecule has 0 aromatic heterocycles. The highest BCUT2D eigenvalue weighted by Crippen LogP contribution is 2.43. The van der Waals surface area contributed by atoms with Crippen LogP contribution in [0.3, 0.4) is 0 Å². The van der Waals surface area contributed by atoms with Crippen molar-refractivity contribution in [2.45, 2.75) is 45.3 Å². The second kappa shape index (κ2) is 3.58. The van der Waals surface area contributed by atoms with Gasteiger partial charge in [-0.05, 0) is 25.2 Å². The summed E-state index contributed by atoms with van der Waals surface area (Å²) < 4.78 is 5.76. The van der Waals surface area contributed by atoms with Crippen LogP contribution in [0.2, 0.25) is 0 Å². The van der Waals surface area contributed by atoms with Gasteiger partial charge < -0.3 is 9.84 Å². The summed E-state index contributed by atoms with van der Waals surface area (Å²) in [5.41, 5.74) is 0. The van der Waals surface area contributed by atoms with Crippen LogP contribution in [0.4, 0.5) is 0 Å². The molecule has 0 bridgehead atoms. The third kappa shape index (κ3) is 1.75. The highest BCUT2D eigenvalue weighted by molar-refractivity contribution is 4.92. The summed E-state index contributed by atoms with van der Waals surface area (Å²) in [6, 6.07) is 0. The van der Waals surface area contributed by atoms with Gasteiger partial charge >= 0.3 is 0 Å². The van der Waals surface area contributed by atoms with Crippen LogP contribution in [0.15, 0.2) is 0 Å². The van der Waals surface area contributed by atoms with Gasteiger partial charge in [-0.3, -0.25) is 0 Å². The summed E-state index contributed by atoms with van der Waals surface area (Å²) in [5, 5.41) is 10.1. The number of rotatable bonds is 2. The third-order valence-corrected chi connectivity index (χ3v) is 3.70. The predicted molar refractivity (Wildman–Crippen MR) is 51.4 cm³/mol. The fourth-order valence-electron chi connectivity index (χ4n) is 2.52. The van der Waals surface area contributed by atoms with Crippen molar-refractivity contribution in [2.75, 3.05) is 6.61 Å². The molecule has 1 N–H and O–H groups in total. The molecule has 2 nitrogen and oxygen atoms in total. The van der Waals surface area contributed by atoms with Gasteiger partial charge in [0.15, 0.2) is 0 Å². The molecule has 0 amide bonds. The van der Waals surface area contributed by atoms with Gasteiger partial charge in [0.1, 0.15) is 0 Å². The van der Waals surface area contributed by atoms with E-state index in [4.69, 9.17) is 4.74 Å². The minimum Gasteiger partial charge on any atom is -0.392 e. The second-order valence-electron chi connectivity index (χ2n) is 4.63. The SMILES string of the molecule is CCC1OCC(C2CC2)C(O)[C@@H]1C. The molecular formula is C11H20O2. The maximum atomic E-state index is 10.1. The van der Waals surface area contributed by atoms with Crippen LogP contribution in [0, 0.1) is 17.8 Å². The molecule has 1 heterocycles. The molecule has 0 radical (unpaired) electrons. The van der Waals surface area contributed by atoms with Crippen molar-refractivity contribution >= 4 is 0 Å². The lowest BCUT2D eigenvalue weighted by Crippen LogP contribution is -2.45. The summed E-state index contributed by atoms with van der Waals surface area (Å²) >= 11 is 0. The fraction of sp³-hybridized carbons (Fsp3) is 1.00. The summed E-state index contributed by atoms with van der Waals surface area (Å²) in [7, 11) is 0. The minimum atomic E-state index is -0.119. The summed E-state index contributed by atoms with van der Waals surface area (Å²) in [4.78, 5) is 0. The van der Waals surface area contributed by atoms with Gasteiger partial charge in [-0.15, -0.1) is 0 Å². The van der Waals surface area contributed by atoms with Crippen LogP contribution < -0.4 is 0 Å². The average Bonchev–Trinajstić information content (AvgIpc) is 2.93. The van der Waals surface area contributed by atoms with Crippen LogP contribution in [0.1, 0.15) is 33.1 Å². The van der Waals surface area contributed by atoms with Gasteiger partial charge in [-0.2, -0.15) is 0 Å². The van der Waals surface area contributed by atoms with Gasteiger partial charge in [0, 0.05) is 11.8 Å². The van der Waals surface area contributed by atoms with E-state index in [-0.39, 0.29) is 12.2 Å². The molecule has 2 rings (SSSR count). The molecule has 1 saturated heterocycles. The zero-order valence-electron chi connectivity index (χ0n) is 8.57. The second-order valence-corrected chi connectivity index (χ2v) is 4.63. The predicted octanol–water partition coefficient (Wildman–Crippen LogP) is 1.82. The summed E-state index contributed by atoms with van der Waals surface area (Å²) in [5.74, 6) is 1.51. The van der Waals surface area contributed by atoms with Crippen molar-refractivity contribution in [1.29, 1.82) is 0 Å². The molecule has 2 fully saturated rings. The van der Waals surface area contributed by atoms with Crippen molar-refractivity contribution in [3.8, 4) is 0 Å². The third-order valence-electron chi connectivity index (χ3n) is 3.70. The molecule has 76 valence electrons. The van der Waals surface area contributed by atoms with E-state index in [9.17, 15) is 5.11 Å². The van der Waals surface area contributed by atoms with Crippen molar-refractivity contribution in [1.82, 2.24) is 0 Å². The first-order valence-electron chi connectivity index (χ1n) is 5.53. The Morgan fingerprint density at radius 1 is 1.38 bits per heavy atom. The van der Waals surface area contributed by atoms with Gasteiger partial charge in [-0.1, -0.05) is 13.8 Å². The summed E-state index contributed by atoms with van der Waals surface area (Å²) in [6.07, 6.45) is 3.79. The Morgan fingerprint density at radius 2 is 2.08 bits per heavy atom. The van der Waals surface area contributed by atoms with Crippen LogP contribution in [-0.4, -0.2) is 23.9 Å². The number of ether oxygens (including phenoxy) is 1. The number of hydrogen-bond acceptors (Lipinski definition) is 2. The molecule has 1 aliphatic carbocycles. The molecule has 1 saturated carbocycles. The minimum absolute atomic E-state index is 0.119. The Bertz CT molecular complexity index is 177. The van der Waals surface area contributed by atoms with Crippen LogP contribution in [0.25, 0.3) is 0 Å². The Kier molecular flexibility index (Phi) is 2.61. The molecule has 2 aliphatic rings.